The quantitative estimate of drug-likeness (QED) is 0.191. The van der Waals surface area contributed by atoms with E-state index in [1.54, 1.807) is 0 Å². The van der Waals surface area contributed by atoms with Crippen LogP contribution in [0.15, 0.2) is 113 Å². The van der Waals surface area contributed by atoms with Gasteiger partial charge in [0.15, 0.2) is 0 Å². The molecule has 0 bridgehead atoms. The van der Waals surface area contributed by atoms with Gasteiger partial charge in [0.05, 0.1) is 22.7 Å². The van der Waals surface area contributed by atoms with Gasteiger partial charge in [0.1, 0.15) is 0 Å². The molecule has 0 saturated heterocycles. The molecule has 0 spiro atoms. The fourth-order valence-electron chi connectivity index (χ4n) is 3.99. The van der Waals surface area contributed by atoms with Crippen LogP contribution in [-0.4, -0.2) is 13.1 Å². The van der Waals surface area contributed by atoms with Gasteiger partial charge in [-0.2, -0.15) is 10.2 Å². The van der Waals surface area contributed by atoms with Crippen LogP contribution in [0.5, 0.6) is 0 Å². The van der Waals surface area contributed by atoms with E-state index in [1.165, 1.54) is 11.3 Å². The third-order valence-corrected chi connectivity index (χ3v) is 5.99. The highest BCUT2D eigenvalue weighted by molar-refractivity contribution is 5.61. The molecule has 5 nitrogen and oxygen atoms in total. The molecule has 35 heavy (non-hydrogen) atoms. The predicted molar refractivity (Wildman–Crippen MR) is 147 cm³/mol. The van der Waals surface area contributed by atoms with Crippen molar-refractivity contribution in [3.63, 3.8) is 0 Å². The summed E-state index contributed by atoms with van der Waals surface area (Å²) in [5.41, 5.74) is 11.0. The third-order valence-electron chi connectivity index (χ3n) is 5.99. The van der Waals surface area contributed by atoms with E-state index in [9.17, 15) is 0 Å². The molecule has 0 atom stereocenters. The lowest BCUT2D eigenvalue weighted by Crippen LogP contribution is -2.33. The number of anilines is 3. The van der Waals surface area contributed by atoms with Gasteiger partial charge in [-0.1, -0.05) is 48.5 Å². The second kappa shape index (κ2) is 12.0. The van der Waals surface area contributed by atoms with E-state index in [4.69, 9.17) is 0 Å². The fraction of sp³-hybridized carbons (Fsp3) is 0.200. The Hall–Kier alpha value is -3.96. The summed E-state index contributed by atoms with van der Waals surface area (Å²) in [7, 11) is 0. The van der Waals surface area contributed by atoms with Crippen molar-refractivity contribution in [2.75, 3.05) is 23.0 Å². The van der Waals surface area contributed by atoms with E-state index in [1.807, 2.05) is 54.6 Å². The van der Waals surface area contributed by atoms with Gasteiger partial charge in [-0.3, -0.25) is 5.01 Å². The number of aryl methyl sites for hydroxylation is 1. The van der Waals surface area contributed by atoms with E-state index in [0.717, 1.165) is 41.4 Å². The zero-order valence-electron chi connectivity index (χ0n) is 20.7. The SMILES string of the molecule is CCN(CC)c1ccc(N=Nc2ccc(CNN(c3ccccc3)c3ccccc3)cc2)c(C)c1. The Morgan fingerprint density at radius 3 is 1.80 bits per heavy atom. The number of azo groups is 1. The van der Waals surface area contributed by atoms with Crippen molar-refractivity contribution in [1.82, 2.24) is 5.43 Å². The van der Waals surface area contributed by atoms with Gasteiger partial charge in [0.2, 0.25) is 0 Å². The fourth-order valence-corrected chi connectivity index (χ4v) is 3.99. The van der Waals surface area contributed by atoms with Crippen LogP contribution in [0.25, 0.3) is 0 Å². The Kier molecular flexibility index (Phi) is 8.25. The number of nitrogens with one attached hydrogen (secondary N) is 1. The molecule has 0 heterocycles. The lowest BCUT2D eigenvalue weighted by Gasteiger charge is -2.26. The molecule has 0 aliphatic carbocycles. The van der Waals surface area contributed by atoms with E-state index < -0.39 is 0 Å². The first kappa shape index (κ1) is 24.2. The summed E-state index contributed by atoms with van der Waals surface area (Å²) in [6.45, 7) is 9.10. The molecule has 1 N–H and O–H groups in total. The molecule has 0 aromatic heterocycles. The molecular formula is C30H33N5. The number of hydrazine groups is 1. The molecule has 4 aromatic rings. The molecule has 0 aliphatic rings. The van der Waals surface area contributed by atoms with Crippen LogP contribution in [0.4, 0.5) is 28.4 Å². The van der Waals surface area contributed by atoms with Crippen molar-refractivity contribution in [3.8, 4) is 0 Å². The lowest BCUT2D eigenvalue weighted by atomic mass is 10.1. The highest BCUT2D eigenvalue weighted by Crippen LogP contribution is 2.27. The van der Waals surface area contributed by atoms with Crippen molar-refractivity contribution in [2.24, 2.45) is 10.2 Å². The highest BCUT2D eigenvalue weighted by atomic mass is 15.5. The normalized spacial score (nSPS) is 11.1. The molecule has 4 rings (SSSR count). The largest absolute Gasteiger partial charge is 0.372 e. The molecule has 178 valence electrons. The van der Waals surface area contributed by atoms with Crippen molar-refractivity contribution >= 4 is 28.4 Å². The first-order valence-corrected chi connectivity index (χ1v) is 12.2. The number of hydrogen-bond acceptors (Lipinski definition) is 5. The Morgan fingerprint density at radius 2 is 1.26 bits per heavy atom. The lowest BCUT2D eigenvalue weighted by molar-refractivity contribution is 0.707. The number of benzene rings is 4. The molecule has 0 amide bonds. The molecule has 0 unspecified atom stereocenters. The van der Waals surface area contributed by atoms with Crippen LogP contribution < -0.4 is 15.3 Å². The predicted octanol–water partition coefficient (Wildman–Crippen LogP) is 8.10. The molecule has 0 radical (unpaired) electrons. The molecule has 4 aromatic carbocycles. The standard InChI is InChI=1S/C30H33N5/c1-4-34(5-2)29-20-21-30(24(3)22-29)33-32-26-18-16-25(17-19-26)23-31-35(27-12-8-6-9-13-27)28-14-10-7-11-15-28/h6-22,31H,4-5,23H2,1-3H3. The minimum Gasteiger partial charge on any atom is -0.372 e. The highest BCUT2D eigenvalue weighted by Gasteiger charge is 2.09. The Bertz CT molecular complexity index is 1180. The Balaban J connectivity index is 1.42. The average Bonchev–Trinajstić information content (AvgIpc) is 2.91. The van der Waals surface area contributed by atoms with E-state index in [2.05, 4.69) is 94.9 Å². The minimum absolute atomic E-state index is 0.688. The zero-order valence-corrected chi connectivity index (χ0v) is 20.7. The van der Waals surface area contributed by atoms with Crippen LogP contribution in [0, 0.1) is 6.92 Å². The zero-order chi connectivity index (χ0) is 24.5. The van der Waals surface area contributed by atoms with Crippen LogP contribution in [-0.2, 0) is 6.54 Å². The first-order valence-electron chi connectivity index (χ1n) is 12.2. The van der Waals surface area contributed by atoms with Crippen molar-refractivity contribution in [3.05, 3.63) is 114 Å². The number of para-hydroxylation sites is 2. The van der Waals surface area contributed by atoms with E-state index in [0.29, 0.717) is 6.54 Å². The van der Waals surface area contributed by atoms with Gasteiger partial charge in [-0.25, -0.2) is 5.43 Å². The second-order valence-electron chi connectivity index (χ2n) is 8.35. The van der Waals surface area contributed by atoms with Crippen molar-refractivity contribution < 1.29 is 0 Å². The molecule has 5 heteroatoms. The van der Waals surface area contributed by atoms with Gasteiger partial charge in [0, 0.05) is 25.3 Å². The summed E-state index contributed by atoms with van der Waals surface area (Å²) in [4.78, 5) is 2.33. The van der Waals surface area contributed by atoms with Gasteiger partial charge in [0.25, 0.3) is 0 Å². The number of hydrogen-bond donors (Lipinski definition) is 1. The van der Waals surface area contributed by atoms with E-state index >= 15 is 0 Å². The van der Waals surface area contributed by atoms with Crippen LogP contribution >= 0.6 is 0 Å². The topological polar surface area (TPSA) is 43.2 Å². The molecule has 0 fully saturated rings. The first-order chi connectivity index (χ1) is 17.2. The summed E-state index contributed by atoms with van der Waals surface area (Å²) in [5.74, 6) is 0. The smallest absolute Gasteiger partial charge is 0.0887 e. The summed E-state index contributed by atoms with van der Waals surface area (Å²) in [6, 6.07) is 35.2. The maximum atomic E-state index is 4.49. The Morgan fingerprint density at radius 1 is 0.657 bits per heavy atom. The Labute approximate surface area is 208 Å². The average molecular weight is 464 g/mol. The number of nitrogens with zero attached hydrogens (tertiary/aromatic N) is 4. The van der Waals surface area contributed by atoms with Gasteiger partial charge in [-0.15, -0.1) is 0 Å². The van der Waals surface area contributed by atoms with Gasteiger partial charge in [-0.05, 0) is 86.5 Å². The van der Waals surface area contributed by atoms with Crippen LogP contribution in [0.3, 0.4) is 0 Å². The summed E-state index contributed by atoms with van der Waals surface area (Å²) < 4.78 is 0. The molecule has 0 aliphatic heterocycles. The van der Waals surface area contributed by atoms with Crippen LogP contribution in [0.2, 0.25) is 0 Å². The van der Waals surface area contributed by atoms with Crippen LogP contribution in [0.1, 0.15) is 25.0 Å². The monoisotopic (exact) mass is 463 g/mol. The number of rotatable bonds is 10. The minimum atomic E-state index is 0.688. The molecular weight excluding hydrogens is 430 g/mol. The summed E-state index contributed by atoms with van der Waals surface area (Å²) in [6.07, 6.45) is 0. The maximum Gasteiger partial charge on any atom is 0.0887 e. The summed E-state index contributed by atoms with van der Waals surface area (Å²) in [5, 5.41) is 11.1. The van der Waals surface area contributed by atoms with Crippen molar-refractivity contribution in [1.29, 1.82) is 0 Å². The van der Waals surface area contributed by atoms with E-state index in [-0.39, 0.29) is 0 Å². The van der Waals surface area contributed by atoms with Gasteiger partial charge < -0.3 is 4.90 Å². The van der Waals surface area contributed by atoms with Crippen molar-refractivity contribution in [2.45, 2.75) is 27.3 Å². The second-order valence-corrected chi connectivity index (χ2v) is 8.35. The van der Waals surface area contributed by atoms with Gasteiger partial charge >= 0.3 is 0 Å². The maximum absolute atomic E-state index is 4.49. The summed E-state index contributed by atoms with van der Waals surface area (Å²) >= 11 is 0. The molecule has 0 saturated carbocycles. The third kappa shape index (κ3) is 6.34.